The largest absolute Gasteiger partial charge is 0.479 e. The molecule has 3 amide bonds. The molecular weight excluding hydrogens is 234 g/mol. The van der Waals surface area contributed by atoms with Crippen molar-refractivity contribution in [3.63, 3.8) is 0 Å². The maximum Gasteiger partial charge on any atom is 0.328 e. The Morgan fingerprint density at radius 3 is 2.89 bits per heavy atom. The summed E-state index contributed by atoms with van der Waals surface area (Å²) in [6, 6.07) is 4.74. The van der Waals surface area contributed by atoms with Crippen molar-refractivity contribution in [3.8, 4) is 5.75 Å². The summed E-state index contributed by atoms with van der Waals surface area (Å²) in [5.41, 5.74) is 6.81. The van der Waals surface area contributed by atoms with E-state index in [9.17, 15) is 9.59 Å². The maximum absolute atomic E-state index is 12.0. The Morgan fingerprint density at radius 1 is 1.56 bits per heavy atom. The topological polar surface area (TPSA) is 84.7 Å². The molecule has 0 bridgehead atoms. The number of fused-ring (bicyclic) bond motifs is 1. The molecule has 0 radical (unpaired) electrons. The first kappa shape index (κ1) is 12.4. The van der Waals surface area contributed by atoms with Gasteiger partial charge in [0.15, 0.2) is 6.10 Å². The Bertz CT molecular complexity index is 501. The standard InChI is InChI=1S/C12H15N3O3/c1-7-11(16)15(12(17)14-2)9-5-8(6-13)3-4-10(9)18-7/h3-5,7H,6,13H2,1-2H3,(H,14,17). The van der Waals surface area contributed by atoms with Gasteiger partial charge in [0.2, 0.25) is 0 Å². The molecule has 0 fully saturated rings. The number of carbonyl (C=O) groups is 2. The third kappa shape index (κ3) is 1.91. The van der Waals surface area contributed by atoms with E-state index in [0.717, 1.165) is 10.5 Å². The van der Waals surface area contributed by atoms with Crippen LogP contribution < -0.4 is 20.7 Å². The summed E-state index contributed by atoms with van der Waals surface area (Å²) < 4.78 is 5.46. The lowest BCUT2D eigenvalue weighted by Gasteiger charge is -2.31. The van der Waals surface area contributed by atoms with E-state index in [2.05, 4.69) is 5.32 Å². The number of hydrogen-bond donors (Lipinski definition) is 2. The number of anilines is 1. The van der Waals surface area contributed by atoms with Gasteiger partial charge in [-0.15, -0.1) is 0 Å². The van der Waals surface area contributed by atoms with Gasteiger partial charge in [-0.05, 0) is 24.6 Å². The summed E-state index contributed by atoms with van der Waals surface area (Å²) >= 11 is 0. The van der Waals surface area contributed by atoms with Crippen LogP contribution in [-0.4, -0.2) is 25.1 Å². The maximum atomic E-state index is 12.0. The van der Waals surface area contributed by atoms with E-state index in [1.807, 2.05) is 6.07 Å². The number of urea groups is 1. The minimum Gasteiger partial charge on any atom is -0.479 e. The Labute approximate surface area is 105 Å². The molecule has 6 heteroatoms. The SMILES string of the molecule is CNC(=O)N1C(=O)C(C)Oc2ccc(CN)cc21. The van der Waals surface area contributed by atoms with Crippen LogP contribution in [0.1, 0.15) is 12.5 Å². The fourth-order valence-corrected chi connectivity index (χ4v) is 1.83. The van der Waals surface area contributed by atoms with Gasteiger partial charge < -0.3 is 15.8 Å². The molecule has 2 rings (SSSR count). The van der Waals surface area contributed by atoms with Gasteiger partial charge in [0.25, 0.3) is 5.91 Å². The van der Waals surface area contributed by atoms with Gasteiger partial charge >= 0.3 is 6.03 Å². The molecule has 6 nitrogen and oxygen atoms in total. The first-order valence-corrected chi connectivity index (χ1v) is 5.63. The minimum atomic E-state index is -0.682. The van der Waals surface area contributed by atoms with Crippen LogP contribution in [0.15, 0.2) is 18.2 Å². The molecule has 1 aliphatic heterocycles. The molecule has 1 aromatic rings. The average molecular weight is 249 g/mol. The van der Waals surface area contributed by atoms with Crippen molar-refractivity contribution in [1.29, 1.82) is 0 Å². The highest BCUT2D eigenvalue weighted by Crippen LogP contribution is 2.34. The van der Waals surface area contributed by atoms with Crippen LogP contribution in [0.25, 0.3) is 0 Å². The average Bonchev–Trinajstić information content (AvgIpc) is 2.39. The summed E-state index contributed by atoms with van der Waals surface area (Å²) in [5, 5.41) is 2.44. The predicted octanol–water partition coefficient (Wildman–Crippen LogP) is 0.599. The second kappa shape index (κ2) is 4.66. The number of imide groups is 1. The first-order valence-electron chi connectivity index (χ1n) is 5.63. The van der Waals surface area contributed by atoms with Gasteiger partial charge in [-0.1, -0.05) is 6.07 Å². The molecule has 96 valence electrons. The Balaban J connectivity index is 2.53. The number of carbonyl (C=O) groups excluding carboxylic acids is 2. The molecular formula is C12H15N3O3. The van der Waals surface area contributed by atoms with Crippen LogP contribution in [0.2, 0.25) is 0 Å². The molecule has 1 aliphatic rings. The second-order valence-electron chi connectivity index (χ2n) is 4.00. The molecule has 1 aromatic carbocycles. The molecule has 1 unspecified atom stereocenters. The zero-order chi connectivity index (χ0) is 13.3. The van der Waals surface area contributed by atoms with Crippen molar-refractivity contribution in [2.24, 2.45) is 5.73 Å². The zero-order valence-electron chi connectivity index (χ0n) is 10.3. The molecule has 0 aliphatic carbocycles. The molecule has 1 heterocycles. The lowest BCUT2D eigenvalue weighted by molar-refractivity contribution is -0.124. The van der Waals surface area contributed by atoms with Crippen LogP contribution in [0.4, 0.5) is 10.5 Å². The smallest absolute Gasteiger partial charge is 0.328 e. The minimum absolute atomic E-state index is 0.332. The number of nitrogens with two attached hydrogens (primary N) is 1. The molecule has 0 saturated carbocycles. The summed E-state index contributed by atoms with van der Waals surface area (Å²) in [4.78, 5) is 24.9. The fourth-order valence-electron chi connectivity index (χ4n) is 1.83. The zero-order valence-corrected chi connectivity index (χ0v) is 10.3. The van der Waals surface area contributed by atoms with E-state index in [-0.39, 0.29) is 0 Å². The normalized spacial score (nSPS) is 18.1. The number of rotatable bonds is 1. The van der Waals surface area contributed by atoms with Gasteiger partial charge in [-0.3, -0.25) is 4.79 Å². The van der Waals surface area contributed by atoms with Crippen LogP contribution >= 0.6 is 0 Å². The summed E-state index contributed by atoms with van der Waals surface area (Å²) in [6.45, 7) is 1.94. The highest BCUT2D eigenvalue weighted by atomic mass is 16.5. The fraction of sp³-hybridized carbons (Fsp3) is 0.333. The lowest BCUT2D eigenvalue weighted by Crippen LogP contribution is -2.50. The molecule has 0 aromatic heterocycles. The van der Waals surface area contributed by atoms with E-state index < -0.39 is 18.0 Å². The van der Waals surface area contributed by atoms with Gasteiger partial charge in [-0.2, -0.15) is 0 Å². The van der Waals surface area contributed by atoms with Crippen LogP contribution in [0.5, 0.6) is 5.75 Å². The van der Waals surface area contributed by atoms with E-state index in [4.69, 9.17) is 10.5 Å². The number of nitrogens with zero attached hydrogens (tertiary/aromatic N) is 1. The van der Waals surface area contributed by atoms with E-state index in [0.29, 0.717) is 18.0 Å². The number of amides is 3. The van der Waals surface area contributed by atoms with Crippen LogP contribution in [-0.2, 0) is 11.3 Å². The highest BCUT2D eigenvalue weighted by Gasteiger charge is 2.35. The number of benzene rings is 1. The highest BCUT2D eigenvalue weighted by molar-refractivity contribution is 6.17. The van der Waals surface area contributed by atoms with E-state index >= 15 is 0 Å². The van der Waals surface area contributed by atoms with Crippen molar-refractivity contribution < 1.29 is 14.3 Å². The van der Waals surface area contributed by atoms with Gasteiger partial charge in [-0.25, -0.2) is 9.69 Å². The third-order valence-electron chi connectivity index (χ3n) is 2.79. The summed E-state index contributed by atoms with van der Waals surface area (Å²) in [6.07, 6.45) is -0.682. The third-order valence-corrected chi connectivity index (χ3v) is 2.79. The van der Waals surface area contributed by atoms with Crippen molar-refractivity contribution in [2.45, 2.75) is 19.6 Å². The second-order valence-corrected chi connectivity index (χ2v) is 4.00. The Hall–Kier alpha value is -2.08. The van der Waals surface area contributed by atoms with Crippen molar-refractivity contribution in [2.75, 3.05) is 11.9 Å². The molecule has 3 N–H and O–H groups in total. The van der Waals surface area contributed by atoms with Crippen LogP contribution in [0.3, 0.4) is 0 Å². The van der Waals surface area contributed by atoms with E-state index in [1.165, 1.54) is 7.05 Å². The quantitative estimate of drug-likeness (QED) is 0.763. The number of hydrogen-bond acceptors (Lipinski definition) is 4. The molecule has 18 heavy (non-hydrogen) atoms. The molecule has 1 atom stereocenters. The first-order chi connectivity index (χ1) is 8.58. The number of ether oxygens (including phenoxy) is 1. The predicted molar refractivity (Wildman–Crippen MR) is 66.4 cm³/mol. The monoisotopic (exact) mass is 249 g/mol. The molecule has 0 saturated heterocycles. The summed E-state index contributed by atoms with van der Waals surface area (Å²) in [7, 11) is 1.47. The van der Waals surface area contributed by atoms with Crippen molar-refractivity contribution >= 4 is 17.6 Å². The van der Waals surface area contributed by atoms with Crippen LogP contribution in [0, 0.1) is 0 Å². The van der Waals surface area contributed by atoms with E-state index in [1.54, 1.807) is 19.1 Å². The van der Waals surface area contributed by atoms with Gasteiger partial charge in [0.1, 0.15) is 5.75 Å². The summed E-state index contributed by atoms with van der Waals surface area (Å²) in [5.74, 6) is 0.110. The van der Waals surface area contributed by atoms with Gasteiger partial charge in [0.05, 0.1) is 5.69 Å². The lowest BCUT2D eigenvalue weighted by atomic mass is 10.1. The van der Waals surface area contributed by atoms with Gasteiger partial charge in [0, 0.05) is 13.6 Å². The van der Waals surface area contributed by atoms with Crippen molar-refractivity contribution in [3.05, 3.63) is 23.8 Å². The Morgan fingerprint density at radius 2 is 2.28 bits per heavy atom. The molecule has 0 spiro atoms. The number of nitrogens with one attached hydrogen (secondary N) is 1. The van der Waals surface area contributed by atoms with Crippen molar-refractivity contribution in [1.82, 2.24) is 5.32 Å². The Kier molecular flexibility index (Phi) is 3.20.